The van der Waals surface area contributed by atoms with E-state index in [2.05, 4.69) is 67.7 Å². The molecule has 0 aromatic heterocycles. The molecule has 26 heavy (non-hydrogen) atoms. The summed E-state index contributed by atoms with van der Waals surface area (Å²) >= 11 is 0. The molecule has 0 aromatic carbocycles. The second-order valence-electron chi connectivity index (χ2n) is 11.3. The maximum atomic E-state index is 12.6. The third-order valence-corrected chi connectivity index (χ3v) is 15.8. The molecule has 0 heterocycles. The zero-order chi connectivity index (χ0) is 21.2. The summed E-state index contributed by atoms with van der Waals surface area (Å²) in [5.41, 5.74) is -0.485. The van der Waals surface area contributed by atoms with Crippen LogP contribution in [-0.4, -0.2) is 35.1 Å². The minimum atomic E-state index is -1.97. The van der Waals surface area contributed by atoms with E-state index in [0.29, 0.717) is 13.0 Å². The van der Waals surface area contributed by atoms with E-state index in [1.807, 2.05) is 20.8 Å². The molecule has 0 aliphatic carbocycles. The number of Topliss-reactive ketones (excluding diaryl/α,β-unsaturated/α-hetero) is 1. The van der Waals surface area contributed by atoms with Crippen LogP contribution in [-0.2, 0) is 13.6 Å². The quantitative estimate of drug-likeness (QED) is 0.398. The van der Waals surface area contributed by atoms with Crippen molar-refractivity contribution >= 4 is 22.4 Å². The molecule has 0 fully saturated rings. The van der Waals surface area contributed by atoms with Crippen LogP contribution in [0.15, 0.2) is 0 Å². The molecule has 3 nitrogen and oxygen atoms in total. The summed E-state index contributed by atoms with van der Waals surface area (Å²) in [6.07, 6.45) is 1.23. The fraction of sp³-hybridized carbons (Fsp3) is 0.952. The fourth-order valence-electron chi connectivity index (χ4n) is 2.37. The first kappa shape index (κ1) is 26.0. The average molecular weight is 403 g/mol. The smallest absolute Gasteiger partial charge is 0.192 e. The summed E-state index contributed by atoms with van der Waals surface area (Å²) < 4.78 is 13.1. The Morgan fingerprint density at radius 2 is 1.27 bits per heavy atom. The van der Waals surface area contributed by atoms with Crippen LogP contribution in [0.2, 0.25) is 36.3 Å². The van der Waals surface area contributed by atoms with Crippen molar-refractivity contribution in [3.63, 3.8) is 0 Å². The highest BCUT2D eigenvalue weighted by molar-refractivity contribution is 6.74. The average Bonchev–Trinajstić information content (AvgIpc) is 2.42. The molecule has 0 aliphatic heterocycles. The van der Waals surface area contributed by atoms with Gasteiger partial charge < -0.3 is 8.85 Å². The van der Waals surface area contributed by atoms with Crippen LogP contribution in [0, 0.1) is 5.41 Å². The van der Waals surface area contributed by atoms with Gasteiger partial charge in [-0.1, -0.05) is 62.3 Å². The SMILES string of the molecule is CCC(=O)C(C)(C)[C@H](CCO[Si](C)(C)C(C)(C)C)O[Si](C)(C)C(C)(C)C. The summed E-state index contributed by atoms with van der Waals surface area (Å²) in [6, 6.07) is 0. The maximum Gasteiger partial charge on any atom is 0.192 e. The van der Waals surface area contributed by atoms with Gasteiger partial charge in [0.2, 0.25) is 0 Å². The van der Waals surface area contributed by atoms with Crippen LogP contribution in [0.1, 0.15) is 75.2 Å². The van der Waals surface area contributed by atoms with Crippen molar-refractivity contribution in [2.45, 2.75) is 118 Å². The van der Waals surface area contributed by atoms with E-state index in [4.69, 9.17) is 8.85 Å². The molecule has 5 heteroatoms. The van der Waals surface area contributed by atoms with Crippen molar-refractivity contribution in [2.75, 3.05) is 6.61 Å². The van der Waals surface area contributed by atoms with Gasteiger partial charge in [-0.05, 0) is 42.7 Å². The molecule has 0 unspecified atom stereocenters. The van der Waals surface area contributed by atoms with Gasteiger partial charge in [-0.3, -0.25) is 4.79 Å². The Morgan fingerprint density at radius 1 is 0.846 bits per heavy atom. The van der Waals surface area contributed by atoms with Gasteiger partial charge in [0.05, 0.1) is 6.10 Å². The van der Waals surface area contributed by atoms with E-state index < -0.39 is 22.0 Å². The van der Waals surface area contributed by atoms with E-state index >= 15 is 0 Å². The van der Waals surface area contributed by atoms with Crippen molar-refractivity contribution in [3.05, 3.63) is 0 Å². The summed E-state index contributed by atoms with van der Waals surface area (Å²) in [7, 11) is -3.76. The van der Waals surface area contributed by atoms with Gasteiger partial charge in [-0.15, -0.1) is 0 Å². The predicted octanol–water partition coefficient (Wildman–Crippen LogP) is 6.79. The maximum absolute atomic E-state index is 12.6. The molecule has 0 rings (SSSR count). The number of carbonyl (C=O) groups excluding carboxylic acids is 1. The molecule has 0 spiro atoms. The first-order valence-corrected chi connectivity index (χ1v) is 16.0. The second kappa shape index (κ2) is 8.58. The van der Waals surface area contributed by atoms with E-state index in [9.17, 15) is 4.79 Å². The van der Waals surface area contributed by atoms with Gasteiger partial charge in [0, 0.05) is 18.4 Å². The van der Waals surface area contributed by atoms with Crippen molar-refractivity contribution in [3.8, 4) is 0 Å². The van der Waals surface area contributed by atoms with Gasteiger partial charge >= 0.3 is 0 Å². The number of hydrogen-bond donors (Lipinski definition) is 0. The van der Waals surface area contributed by atoms with Crippen molar-refractivity contribution in [1.82, 2.24) is 0 Å². The summed E-state index contributed by atoms with van der Waals surface area (Å²) in [5, 5.41) is 0.314. The fourth-order valence-corrected chi connectivity index (χ4v) is 4.91. The van der Waals surface area contributed by atoms with E-state index in [0.717, 1.165) is 6.42 Å². The third kappa shape index (κ3) is 6.57. The van der Waals surface area contributed by atoms with Gasteiger partial charge in [0.1, 0.15) is 5.78 Å². The highest BCUT2D eigenvalue weighted by Gasteiger charge is 2.45. The normalized spacial score (nSPS) is 15.9. The first-order valence-electron chi connectivity index (χ1n) is 10.1. The molecule has 0 N–H and O–H groups in total. The Bertz CT molecular complexity index is 469. The molecule has 0 amide bonds. The Balaban J connectivity index is 5.41. The van der Waals surface area contributed by atoms with Gasteiger partial charge in [0.25, 0.3) is 0 Å². The summed E-state index contributed by atoms with van der Waals surface area (Å²) in [4.78, 5) is 12.6. The molecule has 0 radical (unpaired) electrons. The molecule has 1 atom stereocenters. The third-order valence-electron chi connectivity index (χ3n) is 6.74. The van der Waals surface area contributed by atoms with E-state index in [-0.39, 0.29) is 22.0 Å². The minimum Gasteiger partial charge on any atom is -0.417 e. The van der Waals surface area contributed by atoms with E-state index in [1.165, 1.54) is 0 Å². The minimum absolute atomic E-state index is 0.0967. The van der Waals surface area contributed by atoms with Crippen LogP contribution < -0.4 is 0 Å². The largest absolute Gasteiger partial charge is 0.417 e. The lowest BCUT2D eigenvalue weighted by Crippen LogP contribution is -2.50. The highest BCUT2D eigenvalue weighted by atomic mass is 28.4. The summed E-state index contributed by atoms with van der Waals surface area (Å²) in [5.74, 6) is 0.272. The lowest BCUT2D eigenvalue weighted by molar-refractivity contribution is -0.132. The van der Waals surface area contributed by atoms with Crippen LogP contribution in [0.3, 0.4) is 0 Å². The molecular formula is C21H46O3Si2. The lowest BCUT2D eigenvalue weighted by Gasteiger charge is -2.44. The molecule has 0 saturated carbocycles. The molecule has 156 valence electrons. The first-order chi connectivity index (χ1) is 11.3. The molecule has 0 bridgehead atoms. The highest BCUT2D eigenvalue weighted by Crippen LogP contribution is 2.41. The zero-order valence-corrected chi connectivity index (χ0v) is 21.9. The van der Waals surface area contributed by atoms with Gasteiger partial charge in [-0.2, -0.15) is 0 Å². The van der Waals surface area contributed by atoms with Crippen LogP contribution in [0.5, 0.6) is 0 Å². The molecule has 0 saturated heterocycles. The Kier molecular flexibility index (Phi) is 8.59. The van der Waals surface area contributed by atoms with Gasteiger partial charge in [-0.25, -0.2) is 0 Å². The number of hydrogen-bond acceptors (Lipinski definition) is 3. The Labute approximate surface area is 165 Å². The number of rotatable bonds is 9. The molecule has 0 aliphatic rings. The second-order valence-corrected chi connectivity index (χ2v) is 20.8. The standard InChI is InChI=1S/C21H46O3Si2/c1-14-17(22)21(8,9)18(24-26(12,13)20(5,6)7)15-16-23-25(10,11)19(2,3)4/h18H,14-16H2,1-13H3/t18-/m0/s1. The predicted molar refractivity (Wildman–Crippen MR) is 119 cm³/mol. The van der Waals surface area contributed by atoms with Crippen molar-refractivity contribution < 1.29 is 13.6 Å². The van der Waals surface area contributed by atoms with Crippen LogP contribution in [0.4, 0.5) is 0 Å². The monoisotopic (exact) mass is 402 g/mol. The number of carbonyl (C=O) groups is 1. The van der Waals surface area contributed by atoms with Crippen molar-refractivity contribution in [1.29, 1.82) is 0 Å². The molecule has 0 aromatic rings. The van der Waals surface area contributed by atoms with Gasteiger partial charge in [0.15, 0.2) is 16.6 Å². The van der Waals surface area contributed by atoms with Crippen LogP contribution in [0.25, 0.3) is 0 Å². The zero-order valence-electron chi connectivity index (χ0n) is 19.9. The lowest BCUT2D eigenvalue weighted by atomic mass is 9.80. The van der Waals surface area contributed by atoms with Crippen LogP contribution >= 0.6 is 0 Å². The Morgan fingerprint density at radius 3 is 1.62 bits per heavy atom. The summed E-state index contributed by atoms with van der Waals surface area (Å²) in [6.45, 7) is 29.3. The van der Waals surface area contributed by atoms with Crippen molar-refractivity contribution in [2.24, 2.45) is 5.41 Å². The molecular weight excluding hydrogens is 356 g/mol. The van der Waals surface area contributed by atoms with E-state index in [1.54, 1.807) is 0 Å². The number of ketones is 1. The Hall–Kier alpha value is 0.0238. The topological polar surface area (TPSA) is 35.5 Å².